The van der Waals surface area contributed by atoms with E-state index in [2.05, 4.69) is 15.5 Å². The minimum atomic E-state index is -0.102. The van der Waals surface area contributed by atoms with E-state index >= 15 is 0 Å². The van der Waals surface area contributed by atoms with Crippen LogP contribution in [0.2, 0.25) is 15.2 Å². The van der Waals surface area contributed by atoms with Crippen LogP contribution in [0.4, 0.5) is 5.82 Å². The largest absolute Gasteiger partial charge is 0.493 e. The number of anilines is 1. The molecule has 1 aliphatic rings. The van der Waals surface area contributed by atoms with E-state index in [1.807, 2.05) is 13.8 Å². The van der Waals surface area contributed by atoms with E-state index in [9.17, 15) is 4.79 Å². The standard InChI is InChI=1S/C21H23Cl3N4O4/c1-12-9-28(10-13(2)32-12)19(29)11-31-17-5-4-14(6-18(17)30-3)8-25-27-21-16(23)7-15(22)20(24)26-21/h4-8,12-13H,9-11H2,1-3H3,(H,26,27)/b25-8-/t12-,13-/m1/s1. The van der Waals surface area contributed by atoms with Gasteiger partial charge < -0.3 is 19.1 Å². The average Bonchev–Trinajstić information content (AvgIpc) is 2.75. The lowest BCUT2D eigenvalue weighted by Crippen LogP contribution is -2.49. The van der Waals surface area contributed by atoms with Gasteiger partial charge in [-0.2, -0.15) is 5.10 Å². The fourth-order valence-corrected chi connectivity index (χ4v) is 3.73. The van der Waals surface area contributed by atoms with E-state index in [1.54, 1.807) is 29.3 Å². The lowest BCUT2D eigenvalue weighted by Gasteiger charge is -2.35. The first-order chi connectivity index (χ1) is 15.3. The number of morpholine rings is 1. The summed E-state index contributed by atoms with van der Waals surface area (Å²) in [6.45, 7) is 4.89. The van der Waals surface area contributed by atoms with Gasteiger partial charge in [-0.15, -0.1) is 0 Å². The molecule has 1 aromatic carbocycles. The van der Waals surface area contributed by atoms with Crippen molar-refractivity contribution in [1.82, 2.24) is 9.88 Å². The van der Waals surface area contributed by atoms with Crippen molar-refractivity contribution in [3.8, 4) is 11.5 Å². The molecule has 0 aliphatic carbocycles. The molecule has 1 aliphatic heterocycles. The molecule has 11 heteroatoms. The fourth-order valence-electron chi connectivity index (χ4n) is 3.19. The molecule has 2 aromatic rings. The minimum absolute atomic E-state index is 0.00149. The van der Waals surface area contributed by atoms with Gasteiger partial charge in [-0.3, -0.25) is 10.2 Å². The summed E-state index contributed by atoms with van der Waals surface area (Å²) in [6.07, 6.45) is 1.55. The van der Waals surface area contributed by atoms with Crippen molar-refractivity contribution in [2.75, 3.05) is 32.2 Å². The molecule has 2 atom stereocenters. The second-order valence-corrected chi connectivity index (χ2v) is 8.39. The number of nitrogens with zero attached hydrogens (tertiary/aromatic N) is 3. The summed E-state index contributed by atoms with van der Waals surface area (Å²) in [6, 6.07) is 6.69. The monoisotopic (exact) mass is 500 g/mol. The fraction of sp³-hybridized carbons (Fsp3) is 0.381. The molecule has 0 spiro atoms. The van der Waals surface area contributed by atoms with E-state index < -0.39 is 0 Å². The zero-order valence-electron chi connectivity index (χ0n) is 17.8. The van der Waals surface area contributed by atoms with Crippen molar-refractivity contribution < 1.29 is 19.0 Å². The van der Waals surface area contributed by atoms with Crippen molar-refractivity contribution in [3.63, 3.8) is 0 Å². The third-order valence-electron chi connectivity index (χ3n) is 4.58. The van der Waals surface area contributed by atoms with E-state index in [0.717, 1.165) is 5.56 Å². The summed E-state index contributed by atoms with van der Waals surface area (Å²) in [4.78, 5) is 18.3. The highest BCUT2D eigenvalue weighted by atomic mass is 35.5. The summed E-state index contributed by atoms with van der Waals surface area (Å²) < 4.78 is 16.8. The highest BCUT2D eigenvalue weighted by molar-refractivity contribution is 6.42. The normalized spacial score (nSPS) is 18.6. The van der Waals surface area contributed by atoms with Gasteiger partial charge in [0.25, 0.3) is 5.91 Å². The zero-order chi connectivity index (χ0) is 23.3. The second-order valence-electron chi connectivity index (χ2n) is 7.22. The number of carbonyl (C=O) groups excluding carboxylic acids is 1. The number of halogens is 3. The zero-order valence-corrected chi connectivity index (χ0v) is 20.0. The van der Waals surface area contributed by atoms with Gasteiger partial charge in [0.15, 0.2) is 23.9 Å². The van der Waals surface area contributed by atoms with Crippen LogP contribution in [0.15, 0.2) is 29.4 Å². The predicted molar refractivity (Wildman–Crippen MR) is 126 cm³/mol. The number of ether oxygens (including phenoxy) is 3. The van der Waals surface area contributed by atoms with Gasteiger partial charge in [0, 0.05) is 13.1 Å². The smallest absolute Gasteiger partial charge is 0.260 e. The number of hydrogen-bond acceptors (Lipinski definition) is 7. The Hall–Kier alpha value is -2.26. The van der Waals surface area contributed by atoms with Crippen LogP contribution in [0.25, 0.3) is 0 Å². The van der Waals surface area contributed by atoms with Gasteiger partial charge in [0.2, 0.25) is 0 Å². The number of amides is 1. The molecule has 8 nitrogen and oxygen atoms in total. The highest BCUT2D eigenvalue weighted by Gasteiger charge is 2.26. The summed E-state index contributed by atoms with van der Waals surface area (Å²) in [5.41, 5.74) is 3.44. The van der Waals surface area contributed by atoms with Crippen LogP contribution in [0.5, 0.6) is 11.5 Å². The Balaban J connectivity index is 1.61. The number of hydrogen-bond donors (Lipinski definition) is 1. The second kappa shape index (κ2) is 11.0. The molecule has 172 valence electrons. The molecule has 1 aromatic heterocycles. The van der Waals surface area contributed by atoms with Crippen LogP contribution in [0, 0.1) is 0 Å². The molecule has 1 fully saturated rings. The minimum Gasteiger partial charge on any atom is -0.493 e. The van der Waals surface area contributed by atoms with E-state index in [-0.39, 0.29) is 45.7 Å². The van der Waals surface area contributed by atoms with E-state index in [1.165, 1.54) is 13.2 Å². The summed E-state index contributed by atoms with van der Waals surface area (Å²) in [5.74, 6) is 1.09. The molecule has 1 N–H and O–H groups in total. The molecular formula is C21H23Cl3N4O4. The quantitative estimate of drug-likeness (QED) is 0.341. The maximum atomic E-state index is 12.5. The number of methoxy groups -OCH3 is 1. The van der Waals surface area contributed by atoms with Gasteiger partial charge >= 0.3 is 0 Å². The molecule has 3 rings (SSSR count). The Bertz CT molecular complexity index is 995. The maximum absolute atomic E-state index is 12.5. The Labute approximate surface area is 201 Å². The molecule has 2 heterocycles. The van der Waals surface area contributed by atoms with Gasteiger partial charge in [0.05, 0.1) is 35.6 Å². The van der Waals surface area contributed by atoms with Crippen LogP contribution < -0.4 is 14.9 Å². The lowest BCUT2D eigenvalue weighted by atomic mass is 10.2. The van der Waals surface area contributed by atoms with Crippen molar-refractivity contribution in [3.05, 3.63) is 45.0 Å². The number of nitrogens with one attached hydrogen (secondary N) is 1. The number of pyridine rings is 1. The summed E-state index contributed by atoms with van der Waals surface area (Å²) >= 11 is 17.8. The Morgan fingerprint density at radius 2 is 1.94 bits per heavy atom. The number of benzene rings is 1. The third kappa shape index (κ3) is 6.38. The Morgan fingerprint density at radius 1 is 1.22 bits per heavy atom. The van der Waals surface area contributed by atoms with Crippen LogP contribution in [0.1, 0.15) is 19.4 Å². The van der Waals surface area contributed by atoms with E-state index in [4.69, 9.17) is 49.0 Å². The van der Waals surface area contributed by atoms with Crippen molar-refractivity contribution >= 4 is 52.7 Å². The third-order valence-corrected chi connectivity index (χ3v) is 5.54. The summed E-state index contributed by atoms with van der Waals surface area (Å²) in [5, 5.41) is 4.76. The number of carbonyl (C=O) groups is 1. The van der Waals surface area contributed by atoms with Crippen LogP contribution >= 0.6 is 34.8 Å². The van der Waals surface area contributed by atoms with Gasteiger partial charge in [-0.25, -0.2) is 4.98 Å². The first-order valence-electron chi connectivity index (χ1n) is 9.81. The predicted octanol–water partition coefficient (Wildman–Crippen LogP) is 4.51. The molecule has 32 heavy (non-hydrogen) atoms. The Kier molecular flexibility index (Phi) is 8.42. The van der Waals surface area contributed by atoms with Gasteiger partial charge in [-0.1, -0.05) is 34.8 Å². The van der Waals surface area contributed by atoms with Crippen LogP contribution in [0.3, 0.4) is 0 Å². The van der Waals surface area contributed by atoms with Crippen molar-refractivity contribution in [2.45, 2.75) is 26.1 Å². The lowest BCUT2D eigenvalue weighted by molar-refractivity contribution is -0.145. The summed E-state index contributed by atoms with van der Waals surface area (Å²) in [7, 11) is 1.52. The van der Waals surface area contributed by atoms with Gasteiger partial charge in [-0.05, 0) is 43.7 Å². The molecule has 1 amide bonds. The number of rotatable bonds is 7. The molecule has 1 saturated heterocycles. The average molecular weight is 502 g/mol. The van der Waals surface area contributed by atoms with E-state index in [0.29, 0.717) is 24.6 Å². The maximum Gasteiger partial charge on any atom is 0.260 e. The number of hydrazone groups is 1. The Morgan fingerprint density at radius 3 is 2.62 bits per heavy atom. The first kappa shape index (κ1) is 24.4. The van der Waals surface area contributed by atoms with Crippen molar-refractivity contribution in [2.24, 2.45) is 5.10 Å². The SMILES string of the molecule is COc1cc(/C=N\Nc2nc(Cl)c(Cl)cc2Cl)ccc1OCC(=O)N1C[C@@H](C)O[C@H](C)C1. The van der Waals surface area contributed by atoms with Crippen LogP contribution in [-0.4, -0.2) is 61.0 Å². The molecular weight excluding hydrogens is 479 g/mol. The molecule has 0 radical (unpaired) electrons. The van der Waals surface area contributed by atoms with Gasteiger partial charge in [0.1, 0.15) is 5.15 Å². The molecule has 0 bridgehead atoms. The van der Waals surface area contributed by atoms with Crippen LogP contribution in [-0.2, 0) is 9.53 Å². The first-order valence-corrected chi connectivity index (χ1v) is 10.9. The molecule has 0 unspecified atom stereocenters. The highest BCUT2D eigenvalue weighted by Crippen LogP contribution is 2.29. The molecule has 0 saturated carbocycles. The number of aromatic nitrogens is 1. The van der Waals surface area contributed by atoms with Crippen molar-refractivity contribution in [1.29, 1.82) is 0 Å². The topological polar surface area (TPSA) is 85.3 Å².